The fraction of sp³-hybridized carbons (Fsp3) is 0.391. The van der Waals surface area contributed by atoms with E-state index in [-0.39, 0.29) is 17.2 Å². The summed E-state index contributed by atoms with van der Waals surface area (Å²) >= 11 is 1.49. The number of carbonyl (C=O) groups excluding carboxylic acids is 1. The summed E-state index contributed by atoms with van der Waals surface area (Å²) in [5.41, 5.74) is 1.67. The first-order valence-corrected chi connectivity index (χ1v) is 11.2. The number of nitriles is 1. The predicted octanol–water partition coefficient (Wildman–Crippen LogP) is 4.51. The second-order valence-corrected chi connectivity index (χ2v) is 9.00. The van der Waals surface area contributed by atoms with Crippen LogP contribution in [0.2, 0.25) is 0 Å². The highest BCUT2D eigenvalue weighted by molar-refractivity contribution is 7.16. The Labute approximate surface area is 179 Å². The quantitative estimate of drug-likeness (QED) is 0.658. The van der Waals surface area contributed by atoms with Gasteiger partial charge in [-0.25, -0.2) is 4.68 Å². The van der Waals surface area contributed by atoms with E-state index in [0.29, 0.717) is 33.8 Å². The van der Waals surface area contributed by atoms with E-state index in [0.717, 1.165) is 37.7 Å². The van der Waals surface area contributed by atoms with Crippen molar-refractivity contribution in [2.45, 2.75) is 52.5 Å². The van der Waals surface area contributed by atoms with Gasteiger partial charge in [-0.15, -0.1) is 11.3 Å². The molecule has 0 unspecified atom stereocenters. The van der Waals surface area contributed by atoms with Crippen molar-refractivity contribution in [2.75, 3.05) is 5.32 Å². The highest BCUT2D eigenvalue weighted by Crippen LogP contribution is 2.39. The molecular formula is C23H24N4O2S. The zero-order valence-electron chi connectivity index (χ0n) is 17.2. The van der Waals surface area contributed by atoms with Crippen LogP contribution in [0.5, 0.6) is 0 Å². The summed E-state index contributed by atoms with van der Waals surface area (Å²) in [5, 5.41) is 18.6. The van der Waals surface area contributed by atoms with Crippen molar-refractivity contribution in [2.24, 2.45) is 5.92 Å². The van der Waals surface area contributed by atoms with E-state index in [1.165, 1.54) is 20.9 Å². The minimum atomic E-state index is -0.389. The van der Waals surface area contributed by atoms with Crippen molar-refractivity contribution < 1.29 is 4.79 Å². The van der Waals surface area contributed by atoms with Crippen LogP contribution >= 0.6 is 11.3 Å². The third-order valence-corrected chi connectivity index (χ3v) is 6.83. The molecule has 1 aromatic carbocycles. The molecule has 6 nitrogen and oxygen atoms in total. The van der Waals surface area contributed by atoms with Gasteiger partial charge >= 0.3 is 0 Å². The average Bonchev–Trinajstić information content (AvgIpc) is 3.09. The molecule has 2 aromatic heterocycles. The standard InChI is InChI=1S/C23H24N4O2S/c1-3-4-11-27-23(29)17-8-6-5-7-16(17)20(26-27)21(28)25-22-18(13-24)15-10-9-14(2)12-19(15)30-22/h5-8,14H,3-4,9-12H2,1-2H3,(H,25,28)/t14-/m0/s1. The zero-order chi connectivity index (χ0) is 21.3. The maximum Gasteiger partial charge on any atom is 0.277 e. The Morgan fingerprint density at radius 3 is 2.87 bits per heavy atom. The lowest BCUT2D eigenvalue weighted by Gasteiger charge is -2.17. The van der Waals surface area contributed by atoms with Crippen LogP contribution < -0.4 is 10.9 Å². The predicted molar refractivity (Wildman–Crippen MR) is 119 cm³/mol. The lowest BCUT2D eigenvalue weighted by Crippen LogP contribution is -2.27. The summed E-state index contributed by atoms with van der Waals surface area (Å²) in [6.07, 6.45) is 4.59. The molecule has 1 aliphatic rings. The van der Waals surface area contributed by atoms with Gasteiger partial charge in [0.25, 0.3) is 11.5 Å². The average molecular weight is 421 g/mol. The Bertz CT molecular complexity index is 1220. The first-order chi connectivity index (χ1) is 14.5. The van der Waals surface area contributed by atoms with Gasteiger partial charge in [0.05, 0.1) is 10.9 Å². The largest absolute Gasteiger partial charge is 0.311 e. The normalized spacial score (nSPS) is 15.6. The summed E-state index contributed by atoms with van der Waals surface area (Å²) in [6.45, 7) is 4.72. The Morgan fingerprint density at radius 1 is 1.37 bits per heavy atom. The molecule has 2 heterocycles. The van der Waals surface area contributed by atoms with Crippen LogP contribution in [0.3, 0.4) is 0 Å². The minimum Gasteiger partial charge on any atom is -0.311 e. The summed E-state index contributed by atoms with van der Waals surface area (Å²) < 4.78 is 1.38. The van der Waals surface area contributed by atoms with E-state index in [9.17, 15) is 14.9 Å². The van der Waals surface area contributed by atoms with Gasteiger partial charge in [0.1, 0.15) is 11.1 Å². The van der Waals surface area contributed by atoms with Crippen LogP contribution in [-0.2, 0) is 19.4 Å². The number of hydrogen-bond donors (Lipinski definition) is 1. The highest BCUT2D eigenvalue weighted by Gasteiger charge is 2.26. The molecule has 154 valence electrons. The number of aromatic nitrogens is 2. The van der Waals surface area contributed by atoms with Crippen LogP contribution in [0.4, 0.5) is 5.00 Å². The van der Waals surface area contributed by atoms with Crippen molar-refractivity contribution in [1.29, 1.82) is 5.26 Å². The fourth-order valence-corrected chi connectivity index (χ4v) is 5.34. The Morgan fingerprint density at radius 2 is 2.13 bits per heavy atom. The van der Waals surface area contributed by atoms with Gasteiger partial charge in [-0.1, -0.05) is 38.5 Å². The number of thiophene rings is 1. The van der Waals surface area contributed by atoms with E-state index < -0.39 is 0 Å². The van der Waals surface area contributed by atoms with Crippen molar-refractivity contribution in [3.05, 3.63) is 56.3 Å². The zero-order valence-corrected chi connectivity index (χ0v) is 18.0. The molecule has 30 heavy (non-hydrogen) atoms. The monoisotopic (exact) mass is 420 g/mol. The number of nitrogens with zero attached hydrogens (tertiary/aromatic N) is 3. The second kappa shape index (κ2) is 8.41. The SMILES string of the molecule is CCCCn1nc(C(=O)Nc2sc3c(c2C#N)CC[C@H](C)C3)c2ccccc2c1=O. The number of benzene rings is 1. The first kappa shape index (κ1) is 20.3. The molecule has 1 aliphatic carbocycles. The molecule has 4 rings (SSSR count). The molecule has 1 N–H and O–H groups in total. The summed E-state index contributed by atoms with van der Waals surface area (Å²) in [7, 11) is 0. The van der Waals surface area contributed by atoms with Crippen molar-refractivity contribution >= 4 is 33.0 Å². The van der Waals surface area contributed by atoms with Gasteiger partial charge in [0.15, 0.2) is 5.69 Å². The number of aryl methyl sites for hydroxylation is 1. The van der Waals surface area contributed by atoms with E-state index in [4.69, 9.17) is 0 Å². The molecule has 0 bridgehead atoms. The number of rotatable bonds is 5. The molecule has 1 amide bonds. The molecular weight excluding hydrogens is 396 g/mol. The Hall–Kier alpha value is -2.98. The van der Waals surface area contributed by atoms with Crippen LogP contribution in [-0.4, -0.2) is 15.7 Å². The Balaban J connectivity index is 1.75. The van der Waals surface area contributed by atoms with E-state index in [1.54, 1.807) is 24.3 Å². The topological polar surface area (TPSA) is 87.8 Å². The van der Waals surface area contributed by atoms with Crippen LogP contribution in [0.1, 0.15) is 59.6 Å². The van der Waals surface area contributed by atoms with E-state index >= 15 is 0 Å². The molecule has 0 spiro atoms. The Kier molecular flexibility index (Phi) is 5.69. The number of amides is 1. The highest BCUT2D eigenvalue weighted by atomic mass is 32.1. The van der Waals surface area contributed by atoms with Crippen LogP contribution in [0.15, 0.2) is 29.1 Å². The van der Waals surface area contributed by atoms with Crippen LogP contribution in [0.25, 0.3) is 10.8 Å². The van der Waals surface area contributed by atoms with E-state index in [2.05, 4.69) is 23.4 Å². The maximum absolute atomic E-state index is 13.2. The van der Waals surface area contributed by atoms with Gasteiger partial charge < -0.3 is 5.32 Å². The number of fused-ring (bicyclic) bond motifs is 2. The first-order valence-electron chi connectivity index (χ1n) is 10.4. The third-order valence-electron chi connectivity index (χ3n) is 5.66. The number of anilines is 1. The molecule has 0 saturated carbocycles. The number of unbranched alkanes of at least 4 members (excludes halogenated alkanes) is 1. The lowest BCUT2D eigenvalue weighted by molar-refractivity contribution is 0.102. The van der Waals surface area contributed by atoms with Gasteiger partial charge in [-0.2, -0.15) is 10.4 Å². The molecule has 0 fully saturated rings. The van der Waals surface area contributed by atoms with Crippen molar-refractivity contribution in [1.82, 2.24) is 9.78 Å². The van der Waals surface area contributed by atoms with Gasteiger partial charge in [-0.05, 0) is 43.2 Å². The minimum absolute atomic E-state index is 0.186. The summed E-state index contributed by atoms with van der Waals surface area (Å²) in [5.74, 6) is 0.193. The van der Waals surface area contributed by atoms with Gasteiger partial charge in [0.2, 0.25) is 0 Å². The van der Waals surface area contributed by atoms with E-state index in [1.807, 2.05) is 6.92 Å². The van der Waals surface area contributed by atoms with Crippen LogP contribution in [0, 0.1) is 17.2 Å². The van der Waals surface area contributed by atoms with Gasteiger partial charge in [0, 0.05) is 16.8 Å². The number of hydrogen-bond acceptors (Lipinski definition) is 5. The molecule has 0 aliphatic heterocycles. The van der Waals surface area contributed by atoms with Crippen molar-refractivity contribution in [3.63, 3.8) is 0 Å². The summed E-state index contributed by atoms with van der Waals surface area (Å²) in [6, 6.07) is 9.34. The fourth-order valence-electron chi connectivity index (χ4n) is 3.98. The number of carbonyl (C=O) groups is 1. The third kappa shape index (κ3) is 3.63. The lowest BCUT2D eigenvalue weighted by atomic mass is 9.88. The van der Waals surface area contributed by atoms with Gasteiger partial charge in [-0.3, -0.25) is 9.59 Å². The molecule has 3 aromatic rings. The molecule has 1 atom stereocenters. The second-order valence-electron chi connectivity index (χ2n) is 7.90. The number of nitrogens with one attached hydrogen (secondary N) is 1. The smallest absolute Gasteiger partial charge is 0.277 e. The van der Waals surface area contributed by atoms with Crippen molar-refractivity contribution in [3.8, 4) is 6.07 Å². The molecule has 0 radical (unpaired) electrons. The maximum atomic E-state index is 13.2. The molecule has 0 saturated heterocycles. The summed E-state index contributed by atoms with van der Waals surface area (Å²) in [4.78, 5) is 27.2. The molecule has 7 heteroatoms.